The zero-order valence-electron chi connectivity index (χ0n) is 12.6. The number of imidazole rings is 1. The lowest BCUT2D eigenvalue weighted by molar-refractivity contribution is 0.206. The zero-order chi connectivity index (χ0) is 13.7. The summed E-state index contributed by atoms with van der Waals surface area (Å²) in [5, 5.41) is 3.62. The van der Waals surface area contributed by atoms with Crippen molar-refractivity contribution in [2.75, 3.05) is 19.6 Å². The number of aromatic amines is 1. The van der Waals surface area contributed by atoms with Gasteiger partial charge in [-0.05, 0) is 12.5 Å². The van der Waals surface area contributed by atoms with E-state index in [9.17, 15) is 0 Å². The number of hydrogen-bond acceptors (Lipinski definition) is 3. The Labute approximate surface area is 117 Å². The minimum atomic E-state index is 0.546. The lowest BCUT2D eigenvalue weighted by Gasteiger charge is -2.31. The van der Waals surface area contributed by atoms with Gasteiger partial charge in [0.15, 0.2) is 0 Å². The summed E-state index contributed by atoms with van der Waals surface area (Å²) in [5.74, 6) is 0.837. The molecule has 0 fully saturated rings. The molecule has 108 valence electrons. The zero-order valence-corrected chi connectivity index (χ0v) is 12.6. The predicted molar refractivity (Wildman–Crippen MR) is 79.1 cm³/mol. The van der Waals surface area contributed by atoms with Crippen LogP contribution in [-0.2, 0) is 13.0 Å². The molecule has 19 heavy (non-hydrogen) atoms. The maximum atomic E-state index is 4.42. The van der Waals surface area contributed by atoms with Gasteiger partial charge >= 0.3 is 0 Å². The maximum absolute atomic E-state index is 4.42. The molecule has 4 nitrogen and oxygen atoms in total. The second-order valence-corrected chi connectivity index (χ2v) is 5.64. The van der Waals surface area contributed by atoms with Crippen LogP contribution in [0.4, 0.5) is 0 Å². The highest BCUT2D eigenvalue weighted by Crippen LogP contribution is 2.15. The van der Waals surface area contributed by atoms with Gasteiger partial charge in [0.25, 0.3) is 0 Å². The molecular weight excluding hydrogens is 236 g/mol. The quantitative estimate of drug-likeness (QED) is 0.793. The standard InChI is InChI=1S/C15H28N4/c1-4-12(5-2)9-19(6-3)10-13-7-14-15(8-16-13)18-11-17-14/h11-13,16H,4-10H2,1-3H3,(H,17,18). The fourth-order valence-electron chi connectivity index (χ4n) is 2.92. The minimum Gasteiger partial charge on any atom is -0.347 e. The number of H-pyrrole nitrogens is 1. The molecule has 0 radical (unpaired) electrons. The molecule has 0 amide bonds. The Hall–Kier alpha value is -0.870. The first kappa shape index (κ1) is 14.5. The van der Waals surface area contributed by atoms with Gasteiger partial charge in [-0.1, -0.05) is 33.6 Å². The fraction of sp³-hybridized carbons (Fsp3) is 0.800. The number of nitrogens with zero attached hydrogens (tertiary/aromatic N) is 2. The van der Waals surface area contributed by atoms with Gasteiger partial charge in [0.05, 0.1) is 17.7 Å². The average molecular weight is 264 g/mol. The van der Waals surface area contributed by atoms with E-state index in [1.807, 2.05) is 6.33 Å². The molecule has 1 aliphatic heterocycles. The second-order valence-electron chi connectivity index (χ2n) is 5.64. The lowest BCUT2D eigenvalue weighted by Crippen LogP contribution is -2.45. The molecule has 1 aliphatic rings. The summed E-state index contributed by atoms with van der Waals surface area (Å²) < 4.78 is 0. The van der Waals surface area contributed by atoms with Crippen LogP contribution in [0.25, 0.3) is 0 Å². The molecule has 2 heterocycles. The third-order valence-electron chi connectivity index (χ3n) is 4.41. The van der Waals surface area contributed by atoms with Crippen molar-refractivity contribution in [3.63, 3.8) is 0 Å². The Morgan fingerprint density at radius 3 is 2.84 bits per heavy atom. The molecular formula is C15H28N4. The molecule has 1 atom stereocenters. The summed E-state index contributed by atoms with van der Waals surface area (Å²) >= 11 is 0. The normalized spacial score (nSPS) is 19.1. The van der Waals surface area contributed by atoms with Crippen LogP contribution in [-0.4, -0.2) is 40.5 Å². The number of fused-ring (bicyclic) bond motifs is 1. The van der Waals surface area contributed by atoms with Crippen LogP contribution in [0.5, 0.6) is 0 Å². The van der Waals surface area contributed by atoms with Gasteiger partial charge in [-0.15, -0.1) is 0 Å². The Morgan fingerprint density at radius 2 is 2.16 bits per heavy atom. The van der Waals surface area contributed by atoms with Gasteiger partial charge in [0.2, 0.25) is 0 Å². The molecule has 0 aliphatic carbocycles. The number of aromatic nitrogens is 2. The van der Waals surface area contributed by atoms with Crippen molar-refractivity contribution in [1.29, 1.82) is 0 Å². The molecule has 1 aromatic heterocycles. The number of likely N-dealkylation sites (N-methyl/N-ethyl adjacent to an activating group) is 1. The number of hydrogen-bond donors (Lipinski definition) is 2. The van der Waals surface area contributed by atoms with Crippen molar-refractivity contribution in [3.05, 3.63) is 17.7 Å². The molecule has 4 heteroatoms. The van der Waals surface area contributed by atoms with Gasteiger partial charge in [0, 0.05) is 32.1 Å². The van der Waals surface area contributed by atoms with Gasteiger partial charge in [-0.2, -0.15) is 0 Å². The molecule has 1 unspecified atom stereocenters. The van der Waals surface area contributed by atoms with Gasteiger partial charge in [-0.3, -0.25) is 0 Å². The van der Waals surface area contributed by atoms with E-state index in [4.69, 9.17) is 0 Å². The summed E-state index contributed by atoms with van der Waals surface area (Å²) in [6.07, 6.45) is 5.44. The van der Waals surface area contributed by atoms with Crippen LogP contribution in [0.3, 0.4) is 0 Å². The Kier molecular flexibility index (Phi) is 5.40. The molecule has 0 bridgehead atoms. The smallest absolute Gasteiger partial charge is 0.0925 e. The van der Waals surface area contributed by atoms with Gasteiger partial charge < -0.3 is 15.2 Å². The van der Waals surface area contributed by atoms with Crippen molar-refractivity contribution < 1.29 is 0 Å². The first-order valence-electron chi connectivity index (χ1n) is 7.73. The monoisotopic (exact) mass is 264 g/mol. The minimum absolute atomic E-state index is 0.546. The maximum Gasteiger partial charge on any atom is 0.0925 e. The first-order chi connectivity index (χ1) is 9.26. The van der Waals surface area contributed by atoms with Crippen molar-refractivity contribution in [3.8, 4) is 0 Å². The molecule has 2 N–H and O–H groups in total. The van der Waals surface area contributed by atoms with Crippen molar-refractivity contribution >= 4 is 0 Å². The van der Waals surface area contributed by atoms with Crippen LogP contribution in [0, 0.1) is 5.92 Å². The molecule has 2 rings (SSSR count). The summed E-state index contributed by atoms with van der Waals surface area (Å²) in [6.45, 7) is 11.3. The van der Waals surface area contributed by atoms with Crippen LogP contribution in [0.15, 0.2) is 6.33 Å². The van der Waals surface area contributed by atoms with Crippen LogP contribution in [0.2, 0.25) is 0 Å². The fourth-order valence-corrected chi connectivity index (χ4v) is 2.92. The molecule has 0 spiro atoms. The summed E-state index contributed by atoms with van der Waals surface area (Å²) in [7, 11) is 0. The highest BCUT2D eigenvalue weighted by atomic mass is 15.2. The van der Waals surface area contributed by atoms with Crippen molar-refractivity contribution in [2.24, 2.45) is 5.92 Å². The third kappa shape index (κ3) is 3.80. The highest BCUT2D eigenvalue weighted by Gasteiger charge is 2.22. The second kappa shape index (κ2) is 7.06. The number of rotatable bonds is 7. The van der Waals surface area contributed by atoms with Crippen LogP contribution in [0.1, 0.15) is 45.0 Å². The topological polar surface area (TPSA) is 44.0 Å². The van der Waals surface area contributed by atoms with E-state index in [1.165, 1.54) is 30.8 Å². The van der Waals surface area contributed by atoms with E-state index in [0.29, 0.717) is 6.04 Å². The molecule has 1 aromatic rings. The largest absolute Gasteiger partial charge is 0.347 e. The van der Waals surface area contributed by atoms with E-state index >= 15 is 0 Å². The molecule has 0 saturated carbocycles. The molecule has 0 aromatic carbocycles. The lowest BCUT2D eigenvalue weighted by atomic mass is 10.0. The predicted octanol–water partition coefficient (Wildman–Crippen LogP) is 2.18. The van der Waals surface area contributed by atoms with Crippen LogP contribution >= 0.6 is 0 Å². The van der Waals surface area contributed by atoms with Crippen molar-refractivity contribution in [2.45, 2.75) is 52.6 Å². The van der Waals surface area contributed by atoms with Gasteiger partial charge in [-0.25, -0.2) is 4.98 Å². The summed E-state index contributed by atoms with van der Waals surface area (Å²) in [4.78, 5) is 10.2. The van der Waals surface area contributed by atoms with E-state index in [2.05, 4.69) is 41.0 Å². The Morgan fingerprint density at radius 1 is 1.37 bits per heavy atom. The van der Waals surface area contributed by atoms with E-state index in [0.717, 1.165) is 32.0 Å². The SMILES string of the molecule is CCC(CC)CN(CC)CC1Cc2nc[nH]c2CN1. The third-order valence-corrected chi connectivity index (χ3v) is 4.41. The number of nitrogens with one attached hydrogen (secondary N) is 2. The average Bonchev–Trinajstić information content (AvgIpc) is 2.90. The van der Waals surface area contributed by atoms with Crippen LogP contribution < -0.4 is 5.32 Å². The van der Waals surface area contributed by atoms with E-state index < -0.39 is 0 Å². The highest BCUT2D eigenvalue weighted by molar-refractivity contribution is 5.15. The van der Waals surface area contributed by atoms with E-state index in [1.54, 1.807) is 0 Å². The molecule has 0 saturated heterocycles. The summed E-state index contributed by atoms with van der Waals surface area (Å²) in [6, 6.07) is 0.546. The Bertz CT molecular complexity index is 370. The van der Waals surface area contributed by atoms with E-state index in [-0.39, 0.29) is 0 Å². The Balaban J connectivity index is 1.86. The van der Waals surface area contributed by atoms with Gasteiger partial charge in [0.1, 0.15) is 0 Å². The van der Waals surface area contributed by atoms with Crippen molar-refractivity contribution in [1.82, 2.24) is 20.2 Å². The first-order valence-corrected chi connectivity index (χ1v) is 7.73. The summed E-state index contributed by atoms with van der Waals surface area (Å²) in [5.41, 5.74) is 2.52.